The Balaban J connectivity index is 1.24. The number of nitrogens with zero attached hydrogens (tertiary/aromatic N) is 6. The van der Waals surface area contributed by atoms with E-state index in [4.69, 9.17) is 5.26 Å². The van der Waals surface area contributed by atoms with E-state index in [0.29, 0.717) is 46.3 Å². The van der Waals surface area contributed by atoms with Gasteiger partial charge in [0, 0.05) is 35.1 Å². The van der Waals surface area contributed by atoms with E-state index >= 15 is 0 Å². The van der Waals surface area contributed by atoms with Crippen LogP contribution in [0.3, 0.4) is 0 Å². The maximum atomic E-state index is 10.6. The van der Waals surface area contributed by atoms with Gasteiger partial charge in [0.2, 0.25) is 0 Å². The minimum absolute atomic E-state index is 0.0692. The molecule has 0 amide bonds. The number of benzene rings is 1. The number of nitriles is 1. The highest BCUT2D eigenvalue weighted by Crippen LogP contribution is 2.39. The van der Waals surface area contributed by atoms with Gasteiger partial charge >= 0.3 is 0 Å². The van der Waals surface area contributed by atoms with E-state index < -0.39 is 0 Å². The zero-order chi connectivity index (χ0) is 21.7. The lowest BCUT2D eigenvalue weighted by Crippen LogP contribution is -2.49. The third-order valence-electron chi connectivity index (χ3n) is 6.70. The zero-order valence-electron chi connectivity index (χ0n) is 17.5. The van der Waals surface area contributed by atoms with Gasteiger partial charge in [-0.15, -0.1) is 21.5 Å². The molecule has 162 valence electrons. The smallest absolute Gasteiger partial charge is 0.185 e. The van der Waals surface area contributed by atoms with E-state index in [-0.39, 0.29) is 5.75 Å². The quantitative estimate of drug-likeness (QED) is 0.614. The number of aromatic hydroxyl groups is 1. The lowest BCUT2D eigenvalue weighted by atomic mass is 9.98. The predicted octanol–water partition coefficient (Wildman–Crippen LogP) is 3.49. The minimum atomic E-state index is 0.0692. The molecule has 2 aliphatic heterocycles. The Kier molecular flexibility index (Phi) is 4.77. The first kappa shape index (κ1) is 19.6. The van der Waals surface area contributed by atoms with Crippen molar-refractivity contribution in [1.82, 2.24) is 25.5 Å². The van der Waals surface area contributed by atoms with Gasteiger partial charge in [-0.2, -0.15) is 5.26 Å². The molecule has 0 unspecified atom stereocenters. The molecular weight excluding hydrogens is 422 g/mol. The highest BCUT2D eigenvalue weighted by molar-refractivity contribution is 7.13. The molecule has 3 aliphatic rings. The molecule has 2 saturated heterocycles. The van der Waals surface area contributed by atoms with Crippen molar-refractivity contribution in [2.75, 3.05) is 4.90 Å². The van der Waals surface area contributed by atoms with Gasteiger partial charge in [-0.05, 0) is 50.7 Å². The van der Waals surface area contributed by atoms with Crippen molar-refractivity contribution in [3.05, 3.63) is 35.5 Å². The van der Waals surface area contributed by atoms with E-state index in [1.54, 1.807) is 23.7 Å². The molecule has 4 heterocycles. The summed E-state index contributed by atoms with van der Waals surface area (Å²) >= 11 is 1.37. The summed E-state index contributed by atoms with van der Waals surface area (Å²) in [4.78, 5) is 11.3. The molecule has 9 heteroatoms. The van der Waals surface area contributed by atoms with E-state index in [1.807, 2.05) is 12.1 Å². The van der Waals surface area contributed by atoms with Gasteiger partial charge in [-0.3, -0.25) is 0 Å². The fourth-order valence-electron chi connectivity index (χ4n) is 5.10. The van der Waals surface area contributed by atoms with Gasteiger partial charge in [0.1, 0.15) is 16.8 Å². The van der Waals surface area contributed by atoms with Gasteiger partial charge in [-0.25, -0.2) is 9.97 Å². The summed E-state index contributed by atoms with van der Waals surface area (Å²) in [5, 5.41) is 34.6. The Morgan fingerprint density at radius 2 is 1.91 bits per heavy atom. The summed E-state index contributed by atoms with van der Waals surface area (Å²) in [6.07, 6.45) is 9.07. The van der Waals surface area contributed by atoms with Crippen LogP contribution in [0.5, 0.6) is 5.75 Å². The second-order valence-electron chi connectivity index (χ2n) is 8.92. The van der Waals surface area contributed by atoms with Crippen LogP contribution in [0.25, 0.3) is 22.0 Å². The topological polar surface area (TPSA) is 111 Å². The van der Waals surface area contributed by atoms with Crippen molar-refractivity contribution in [1.29, 1.82) is 5.26 Å². The second-order valence-corrected chi connectivity index (χ2v) is 9.78. The lowest BCUT2D eigenvalue weighted by molar-refractivity contribution is 0.343. The second kappa shape index (κ2) is 7.80. The van der Waals surface area contributed by atoms with Crippen LogP contribution in [0.1, 0.15) is 44.2 Å². The zero-order valence-corrected chi connectivity index (χ0v) is 18.3. The van der Waals surface area contributed by atoms with Crippen molar-refractivity contribution >= 4 is 17.2 Å². The van der Waals surface area contributed by atoms with Crippen LogP contribution >= 0.6 is 11.3 Å². The number of rotatable bonds is 5. The molecule has 2 aromatic heterocycles. The van der Waals surface area contributed by atoms with Crippen LogP contribution < -0.4 is 10.2 Å². The summed E-state index contributed by atoms with van der Waals surface area (Å²) in [6, 6.07) is 9.58. The number of hydrogen-bond acceptors (Lipinski definition) is 9. The van der Waals surface area contributed by atoms with Gasteiger partial charge in [0.05, 0.1) is 11.8 Å². The van der Waals surface area contributed by atoms with Crippen molar-refractivity contribution in [3.8, 4) is 33.8 Å². The summed E-state index contributed by atoms with van der Waals surface area (Å²) in [5.41, 5.74) is 1.66. The fourth-order valence-corrected chi connectivity index (χ4v) is 5.84. The van der Waals surface area contributed by atoms with Crippen LogP contribution in [0, 0.1) is 11.3 Å². The minimum Gasteiger partial charge on any atom is -0.507 e. The Labute approximate surface area is 190 Å². The van der Waals surface area contributed by atoms with Crippen molar-refractivity contribution in [2.24, 2.45) is 0 Å². The summed E-state index contributed by atoms with van der Waals surface area (Å²) in [7, 11) is 0. The number of nitrogens with one attached hydrogen (secondary N) is 1. The molecule has 3 atom stereocenters. The van der Waals surface area contributed by atoms with E-state index in [9.17, 15) is 5.11 Å². The van der Waals surface area contributed by atoms with Crippen LogP contribution in [-0.4, -0.2) is 49.4 Å². The SMILES string of the molecule is N#Cc1csc(-c2ccc(-c3ncc(N(C4CC4)[C@@H]4C[C@H]5CC[C@@H](C4)N5)nn3)c(O)c2)n1. The first-order chi connectivity index (χ1) is 15.7. The first-order valence-corrected chi connectivity index (χ1v) is 12.0. The summed E-state index contributed by atoms with van der Waals surface area (Å²) in [6.45, 7) is 0. The number of piperidine rings is 1. The van der Waals surface area contributed by atoms with Crippen molar-refractivity contribution < 1.29 is 5.11 Å². The monoisotopic (exact) mass is 445 g/mol. The molecule has 1 saturated carbocycles. The van der Waals surface area contributed by atoms with E-state index in [1.165, 1.54) is 37.0 Å². The molecule has 3 aromatic rings. The molecule has 0 spiro atoms. The number of thiazole rings is 1. The normalized spacial score (nSPS) is 24.3. The fraction of sp³-hybridized carbons (Fsp3) is 0.435. The summed E-state index contributed by atoms with van der Waals surface area (Å²) in [5.74, 6) is 1.31. The van der Waals surface area contributed by atoms with Crippen LogP contribution in [-0.2, 0) is 0 Å². The van der Waals surface area contributed by atoms with Crippen LogP contribution in [0.2, 0.25) is 0 Å². The van der Waals surface area contributed by atoms with Crippen LogP contribution in [0.4, 0.5) is 5.82 Å². The molecule has 2 bridgehead atoms. The predicted molar refractivity (Wildman–Crippen MR) is 121 cm³/mol. The standard InChI is InChI=1S/C23H23N7OS/c24-10-16-12-32-23(27-16)13-1-6-19(20(31)7-13)22-25-11-21(28-29-22)30(17-4-5-17)18-8-14-2-3-15(9-18)26-14/h1,6-7,11-12,14-15,17-18,26,31H,2-5,8-9H2/t14-,15+,18-. The first-order valence-electron chi connectivity index (χ1n) is 11.1. The molecule has 0 radical (unpaired) electrons. The van der Waals surface area contributed by atoms with Crippen molar-refractivity contribution in [3.63, 3.8) is 0 Å². The van der Waals surface area contributed by atoms with Gasteiger partial charge in [0.15, 0.2) is 17.3 Å². The third kappa shape index (κ3) is 3.59. The Bertz CT molecular complexity index is 1170. The lowest BCUT2D eigenvalue weighted by Gasteiger charge is -2.38. The Morgan fingerprint density at radius 1 is 1.09 bits per heavy atom. The molecule has 3 fully saturated rings. The molecule has 32 heavy (non-hydrogen) atoms. The molecular formula is C23H23N7OS. The number of hydrogen-bond donors (Lipinski definition) is 2. The number of anilines is 1. The third-order valence-corrected chi connectivity index (χ3v) is 7.59. The summed E-state index contributed by atoms with van der Waals surface area (Å²) < 4.78 is 0. The highest BCUT2D eigenvalue weighted by atomic mass is 32.1. The van der Waals surface area contributed by atoms with E-state index in [0.717, 1.165) is 24.2 Å². The van der Waals surface area contributed by atoms with Gasteiger partial charge in [-0.1, -0.05) is 6.07 Å². The average Bonchev–Trinajstić information content (AvgIpc) is 3.41. The highest BCUT2D eigenvalue weighted by Gasteiger charge is 2.41. The Morgan fingerprint density at radius 3 is 2.53 bits per heavy atom. The number of aromatic nitrogens is 4. The maximum absolute atomic E-state index is 10.6. The Hall–Kier alpha value is -3.09. The van der Waals surface area contributed by atoms with E-state index in [2.05, 4.69) is 30.4 Å². The number of phenolic OH excluding ortho intramolecular Hbond substituents is 1. The number of phenols is 1. The maximum Gasteiger partial charge on any atom is 0.185 e. The molecule has 1 aliphatic carbocycles. The number of fused-ring (bicyclic) bond motifs is 2. The van der Waals surface area contributed by atoms with Crippen LogP contribution in [0.15, 0.2) is 29.8 Å². The molecule has 2 N–H and O–H groups in total. The van der Waals surface area contributed by atoms with Gasteiger partial charge in [0.25, 0.3) is 0 Å². The molecule has 1 aromatic carbocycles. The molecule has 6 rings (SSSR count). The van der Waals surface area contributed by atoms with Crippen molar-refractivity contribution in [2.45, 2.75) is 62.7 Å². The largest absolute Gasteiger partial charge is 0.507 e. The average molecular weight is 446 g/mol. The van der Waals surface area contributed by atoms with Gasteiger partial charge < -0.3 is 15.3 Å². The molecule has 8 nitrogen and oxygen atoms in total.